The number of nitrogens with zero attached hydrogens (tertiary/aromatic N) is 1. The summed E-state index contributed by atoms with van der Waals surface area (Å²) in [5.41, 5.74) is 1.24. The maximum Gasteiger partial charge on any atom is 0.0911 e. The Bertz CT molecular complexity index is 190. The third-order valence-electron chi connectivity index (χ3n) is 2.12. The summed E-state index contributed by atoms with van der Waals surface area (Å²) >= 11 is 0. The van der Waals surface area contributed by atoms with Gasteiger partial charge in [0.1, 0.15) is 0 Å². The van der Waals surface area contributed by atoms with Crippen molar-refractivity contribution in [3.05, 3.63) is 11.6 Å². The normalized spacial score (nSPS) is 28.4. The zero-order valence-electron chi connectivity index (χ0n) is 6.84. The lowest BCUT2D eigenvalue weighted by Gasteiger charge is -2.21. The highest BCUT2D eigenvalue weighted by atomic mass is 16.5. The van der Waals surface area contributed by atoms with Crippen molar-refractivity contribution < 1.29 is 4.74 Å². The van der Waals surface area contributed by atoms with Crippen LogP contribution in [-0.4, -0.2) is 13.2 Å². The molecule has 0 amide bonds. The molecule has 0 aromatic heterocycles. The first-order valence-electron chi connectivity index (χ1n) is 3.97. The summed E-state index contributed by atoms with van der Waals surface area (Å²) in [6.07, 6.45) is 6.33. The summed E-state index contributed by atoms with van der Waals surface area (Å²) < 4.78 is 5.22. The summed E-state index contributed by atoms with van der Waals surface area (Å²) in [6.45, 7) is 0. The van der Waals surface area contributed by atoms with Gasteiger partial charge in [0.25, 0.3) is 0 Å². The molecule has 0 aliphatic heterocycles. The summed E-state index contributed by atoms with van der Waals surface area (Å²) in [6, 6.07) is 2.06. The SMILES string of the molecule is COC1CCCC(=CC#N)C1. The van der Waals surface area contributed by atoms with Gasteiger partial charge in [0.2, 0.25) is 0 Å². The van der Waals surface area contributed by atoms with Crippen molar-refractivity contribution in [2.24, 2.45) is 0 Å². The van der Waals surface area contributed by atoms with E-state index in [1.807, 2.05) is 0 Å². The zero-order chi connectivity index (χ0) is 8.10. The Labute approximate surface area is 67.5 Å². The van der Waals surface area contributed by atoms with Crippen LogP contribution in [0.15, 0.2) is 11.6 Å². The van der Waals surface area contributed by atoms with Gasteiger partial charge in [0.05, 0.1) is 12.2 Å². The van der Waals surface area contributed by atoms with Crippen LogP contribution in [0.1, 0.15) is 25.7 Å². The molecular weight excluding hydrogens is 138 g/mol. The van der Waals surface area contributed by atoms with E-state index in [0.717, 1.165) is 25.7 Å². The number of allylic oxidation sites excluding steroid dienone is 1. The van der Waals surface area contributed by atoms with E-state index in [-0.39, 0.29) is 0 Å². The van der Waals surface area contributed by atoms with Crippen molar-refractivity contribution in [2.75, 3.05) is 7.11 Å². The van der Waals surface area contributed by atoms with Gasteiger partial charge in [-0.15, -0.1) is 0 Å². The van der Waals surface area contributed by atoms with Gasteiger partial charge in [-0.3, -0.25) is 0 Å². The maximum atomic E-state index is 8.41. The van der Waals surface area contributed by atoms with E-state index in [1.165, 1.54) is 5.57 Å². The Balaban J connectivity index is 2.47. The van der Waals surface area contributed by atoms with E-state index < -0.39 is 0 Å². The Morgan fingerprint density at radius 1 is 1.73 bits per heavy atom. The number of rotatable bonds is 1. The van der Waals surface area contributed by atoms with Crippen LogP contribution in [-0.2, 0) is 4.74 Å². The predicted octanol–water partition coefficient (Wildman–Crippen LogP) is 2.03. The summed E-state index contributed by atoms with van der Waals surface area (Å²) in [4.78, 5) is 0. The monoisotopic (exact) mass is 151 g/mol. The van der Waals surface area contributed by atoms with Crippen LogP contribution in [0.5, 0.6) is 0 Å². The fourth-order valence-corrected chi connectivity index (χ4v) is 1.48. The van der Waals surface area contributed by atoms with Crippen molar-refractivity contribution in [1.82, 2.24) is 0 Å². The van der Waals surface area contributed by atoms with Gasteiger partial charge < -0.3 is 4.74 Å². The molecule has 0 aromatic carbocycles. The molecule has 0 spiro atoms. The highest BCUT2D eigenvalue weighted by Crippen LogP contribution is 2.24. The summed E-state index contributed by atoms with van der Waals surface area (Å²) in [7, 11) is 1.74. The second-order valence-electron chi connectivity index (χ2n) is 2.89. The first-order chi connectivity index (χ1) is 5.36. The average Bonchev–Trinajstić information content (AvgIpc) is 2.06. The lowest BCUT2D eigenvalue weighted by molar-refractivity contribution is 0.0849. The predicted molar refractivity (Wildman–Crippen MR) is 43.0 cm³/mol. The van der Waals surface area contributed by atoms with Gasteiger partial charge in [-0.2, -0.15) is 5.26 Å². The topological polar surface area (TPSA) is 33.0 Å². The second-order valence-corrected chi connectivity index (χ2v) is 2.89. The molecular formula is C9H13NO. The molecule has 0 saturated heterocycles. The minimum atomic E-state index is 0.350. The molecule has 1 aliphatic carbocycles. The highest BCUT2D eigenvalue weighted by molar-refractivity contribution is 5.15. The molecule has 1 atom stereocenters. The van der Waals surface area contributed by atoms with Crippen LogP contribution in [0.25, 0.3) is 0 Å². The number of hydrogen-bond donors (Lipinski definition) is 0. The first-order valence-corrected chi connectivity index (χ1v) is 3.97. The van der Waals surface area contributed by atoms with Crippen LogP contribution in [0.4, 0.5) is 0 Å². The fourth-order valence-electron chi connectivity index (χ4n) is 1.48. The van der Waals surface area contributed by atoms with Gasteiger partial charge in [0.15, 0.2) is 0 Å². The first kappa shape index (κ1) is 8.29. The molecule has 1 aliphatic rings. The van der Waals surface area contributed by atoms with Crippen LogP contribution >= 0.6 is 0 Å². The largest absolute Gasteiger partial charge is 0.381 e. The molecule has 0 aromatic rings. The molecule has 1 unspecified atom stereocenters. The molecule has 2 nitrogen and oxygen atoms in total. The quantitative estimate of drug-likeness (QED) is 0.537. The van der Waals surface area contributed by atoms with E-state index in [9.17, 15) is 0 Å². The molecule has 0 radical (unpaired) electrons. The molecule has 1 fully saturated rings. The van der Waals surface area contributed by atoms with Crippen LogP contribution in [0.3, 0.4) is 0 Å². The van der Waals surface area contributed by atoms with Crippen molar-refractivity contribution in [2.45, 2.75) is 31.8 Å². The fraction of sp³-hybridized carbons (Fsp3) is 0.667. The van der Waals surface area contributed by atoms with Crippen molar-refractivity contribution in [1.29, 1.82) is 5.26 Å². The molecule has 11 heavy (non-hydrogen) atoms. The van der Waals surface area contributed by atoms with E-state index in [1.54, 1.807) is 13.2 Å². The van der Waals surface area contributed by atoms with Crippen molar-refractivity contribution in [3.63, 3.8) is 0 Å². The van der Waals surface area contributed by atoms with Gasteiger partial charge in [-0.1, -0.05) is 5.57 Å². The van der Waals surface area contributed by atoms with Crippen LogP contribution in [0, 0.1) is 11.3 Å². The summed E-state index contributed by atoms with van der Waals surface area (Å²) in [5, 5.41) is 8.41. The molecule has 60 valence electrons. The third-order valence-corrected chi connectivity index (χ3v) is 2.12. The van der Waals surface area contributed by atoms with Crippen molar-refractivity contribution in [3.8, 4) is 6.07 Å². The smallest absolute Gasteiger partial charge is 0.0911 e. The molecule has 1 rings (SSSR count). The molecule has 2 heteroatoms. The lowest BCUT2D eigenvalue weighted by atomic mass is 9.92. The maximum absolute atomic E-state index is 8.41. The Hall–Kier alpha value is -0.810. The number of nitriles is 1. The Morgan fingerprint density at radius 2 is 2.55 bits per heavy atom. The lowest BCUT2D eigenvalue weighted by Crippen LogP contribution is -2.15. The summed E-state index contributed by atoms with van der Waals surface area (Å²) in [5.74, 6) is 0. The molecule has 0 heterocycles. The van der Waals surface area contributed by atoms with Crippen molar-refractivity contribution >= 4 is 0 Å². The van der Waals surface area contributed by atoms with E-state index in [0.29, 0.717) is 6.10 Å². The Morgan fingerprint density at radius 3 is 3.18 bits per heavy atom. The number of hydrogen-bond acceptors (Lipinski definition) is 2. The average molecular weight is 151 g/mol. The van der Waals surface area contributed by atoms with E-state index >= 15 is 0 Å². The van der Waals surface area contributed by atoms with E-state index in [2.05, 4.69) is 6.07 Å². The highest BCUT2D eigenvalue weighted by Gasteiger charge is 2.15. The minimum Gasteiger partial charge on any atom is -0.381 e. The van der Waals surface area contributed by atoms with Gasteiger partial charge >= 0.3 is 0 Å². The zero-order valence-corrected chi connectivity index (χ0v) is 6.84. The molecule has 0 N–H and O–H groups in total. The second kappa shape index (κ2) is 4.15. The standard InChI is InChI=1S/C9H13NO/c1-11-9-4-2-3-8(7-9)5-6-10/h5,9H,2-4,7H2,1H3. The van der Waals surface area contributed by atoms with E-state index in [4.69, 9.17) is 10.00 Å². The Kier molecular flexibility index (Phi) is 3.13. The third kappa shape index (κ3) is 2.36. The van der Waals surface area contributed by atoms with Crippen LogP contribution in [0.2, 0.25) is 0 Å². The molecule has 1 saturated carbocycles. The molecule has 0 bridgehead atoms. The van der Waals surface area contributed by atoms with Gasteiger partial charge in [-0.25, -0.2) is 0 Å². The van der Waals surface area contributed by atoms with Crippen LogP contribution < -0.4 is 0 Å². The number of ether oxygens (including phenoxy) is 1. The van der Waals surface area contributed by atoms with Gasteiger partial charge in [-0.05, 0) is 25.7 Å². The minimum absolute atomic E-state index is 0.350. The number of methoxy groups -OCH3 is 1. The van der Waals surface area contributed by atoms with Gasteiger partial charge in [0, 0.05) is 13.2 Å².